The van der Waals surface area contributed by atoms with Gasteiger partial charge < -0.3 is 9.53 Å². The Morgan fingerprint density at radius 1 is 1.05 bits per heavy atom. The van der Waals surface area contributed by atoms with Crippen molar-refractivity contribution < 1.29 is 9.53 Å². The molecule has 0 atom stereocenters. The zero-order valence-corrected chi connectivity index (χ0v) is 15.9. The summed E-state index contributed by atoms with van der Waals surface area (Å²) in [7, 11) is -1.67. The smallest absolute Gasteiger partial charge is 0.192 e. The largest absolute Gasteiger partial charge is 0.413 e. The third-order valence-electron chi connectivity index (χ3n) is 5.55. The van der Waals surface area contributed by atoms with Crippen molar-refractivity contribution >= 4 is 8.32 Å². The van der Waals surface area contributed by atoms with Crippen LogP contribution >= 0.6 is 0 Å². The van der Waals surface area contributed by atoms with E-state index >= 15 is 0 Å². The van der Waals surface area contributed by atoms with Gasteiger partial charge in [-0.15, -0.1) is 0 Å². The molecule has 0 amide bonds. The fraction of sp³-hybridized carbons (Fsp3) is 0.684. The van der Waals surface area contributed by atoms with Gasteiger partial charge in [0, 0.05) is 0 Å². The van der Waals surface area contributed by atoms with E-state index in [-0.39, 0.29) is 11.1 Å². The number of benzene rings is 1. The molecule has 1 N–H and O–H groups in total. The van der Waals surface area contributed by atoms with E-state index in [1.807, 2.05) is 0 Å². The summed E-state index contributed by atoms with van der Waals surface area (Å²) in [5.74, 6) is 0.624. The number of aliphatic hydroxyl groups is 1. The van der Waals surface area contributed by atoms with Crippen molar-refractivity contribution in [2.24, 2.45) is 0 Å². The zero-order chi connectivity index (χ0) is 16.4. The molecule has 1 fully saturated rings. The first-order chi connectivity index (χ1) is 10.2. The molecule has 0 spiro atoms. The van der Waals surface area contributed by atoms with E-state index in [4.69, 9.17) is 4.43 Å². The summed E-state index contributed by atoms with van der Waals surface area (Å²) in [6.07, 6.45) is 4.04. The van der Waals surface area contributed by atoms with E-state index in [1.54, 1.807) is 0 Å². The summed E-state index contributed by atoms with van der Waals surface area (Å²) in [6, 6.07) is 8.94. The van der Waals surface area contributed by atoms with Crippen LogP contribution in [0.15, 0.2) is 24.3 Å². The second kappa shape index (κ2) is 6.86. The maximum Gasteiger partial charge on any atom is 0.192 e. The van der Waals surface area contributed by atoms with Gasteiger partial charge in [-0.25, -0.2) is 0 Å². The number of hydrogen-bond acceptors (Lipinski definition) is 2. The molecule has 0 unspecified atom stereocenters. The molecule has 0 radical (unpaired) electrons. The zero-order valence-electron chi connectivity index (χ0n) is 14.9. The van der Waals surface area contributed by atoms with E-state index in [9.17, 15) is 5.11 Å². The van der Waals surface area contributed by atoms with Crippen molar-refractivity contribution in [2.45, 2.75) is 83.2 Å². The van der Waals surface area contributed by atoms with Crippen LogP contribution in [0.5, 0.6) is 0 Å². The monoisotopic (exact) mass is 320 g/mol. The third kappa shape index (κ3) is 4.43. The molecule has 0 aliphatic heterocycles. The van der Waals surface area contributed by atoms with Gasteiger partial charge in [-0.3, -0.25) is 0 Å². The van der Waals surface area contributed by atoms with Gasteiger partial charge in [0.05, 0.1) is 12.7 Å². The summed E-state index contributed by atoms with van der Waals surface area (Å²) in [6.45, 7) is 12.2. The van der Waals surface area contributed by atoms with Gasteiger partial charge in [0.1, 0.15) is 0 Å². The lowest BCUT2D eigenvalue weighted by Gasteiger charge is -2.36. The third-order valence-corrected chi connectivity index (χ3v) is 10.0. The van der Waals surface area contributed by atoms with Gasteiger partial charge in [-0.2, -0.15) is 0 Å². The molecule has 2 rings (SSSR count). The van der Waals surface area contributed by atoms with Crippen molar-refractivity contribution in [3.05, 3.63) is 35.4 Å². The van der Waals surface area contributed by atoms with Crippen LogP contribution in [0, 0.1) is 0 Å². The summed E-state index contributed by atoms with van der Waals surface area (Å²) < 4.78 is 6.29. The average molecular weight is 321 g/mol. The predicted molar refractivity (Wildman–Crippen MR) is 95.6 cm³/mol. The summed E-state index contributed by atoms with van der Waals surface area (Å²) in [5.41, 5.74) is 2.69. The van der Waals surface area contributed by atoms with Crippen LogP contribution < -0.4 is 0 Å². The highest BCUT2D eigenvalue weighted by molar-refractivity contribution is 6.74. The molecule has 2 nitrogen and oxygen atoms in total. The minimum Gasteiger partial charge on any atom is -0.413 e. The van der Waals surface area contributed by atoms with E-state index < -0.39 is 8.32 Å². The lowest BCUT2D eigenvalue weighted by molar-refractivity contribution is 0.122. The standard InChI is InChI=1S/C19H32O2Si/c1-19(2,3)22(4,5)21-14-15-6-8-16(9-7-15)17-10-12-18(20)13-11-17/h6-9,17-18,20H,10-14H2,1-5H3/t17-,18-. The van der Waals surface area contributed by atoms with E-state index in [2.05, 4.69) is 58.1 Å². The number of hydrogen-bond donors (Lipinski definition) is 1. The molecule has 0 saturated heterocycles. The Morgan fingerprint density at radius 2 is 1.59 bits per heavy atom. The van der Waals surface area contributed by atoms with Crippen LogP contribution in [0.3, 0.4) is 0 Å². The molecular formula is C19H32O2Si. The Hall–Kier alpha value is -0.643. The summed E-state index contributed by atoms with van der Waals surface area (Å²) >= 11 is 0. The van der Waals surface area contributed by atoms with E-state index in [1.165, 1.54) is 11.1 Å². The van der Waals surface area contributed by atoms with Gasteiger partial charge in [0.2, 0.25) is 0 Å². The lowest BCUT2D eigenvalue weighted by Crippen LogP contribution is -2.40. The predicted octanol–water partition coefficient (Wildman–Crippen LogP) is 5.23. The Labute approximate surface area is 137 Å². The van der Waals surface area contributed by atoms with E-state index in [0.717, 1.165) is 32.3 Å². The van der Waals surface area contributed by atoms with E-state index in [0.29, 0.717) is 5.92 Å². The van der Waals surface area contributed by atoms with Crippen molar-refractivity contribution in [1.82, 2.24) is 0 Å². The van der Waals surface area contributed by atoms with Crippen LogP contribution in [-0.4, -0.2) is 19.5 Å². The summed E-state index contributed by atoms with van der Waals surface area (Å²) in [5, 5.41) is 9.88. The SMILES string of the molecule is CC(C)(C)[Si](C)(C)OCc1ccc([C@H]2CC[C@H](O)CC2)cc1. The molecule has 0 heterocycles. The molecule has 1 aliphatic carbocycles. The topological polar surface area (TPSA) is 29.5 Å². The van der Waals surface area contributed by atoms with Crippen LogP contribution in [0.1, 0.15) is 63.5 Å². The van der Waals surface area contributed by atoms with Crippen LogP contribution in [-0.2, 0) is 11.0 Å². The molecule has 0 bridgehead atoms. The van der Waals surface area contributed by atoms with Gasteiger partial charge in [0.25, 0.3) is 0 Å². The maximum absolute atomic E-state index is 9.62. The summed E-state index contributed by atoms with van der Waals surface area (Å²) in [4.78, 5) is 0. The molecule has 0 aromatic heterocycles. The minimum atomic E-state index is -1.67. The first-order valence-electron chi connectivity index (χ1n) is 8.60. The van der Waals surface area contributed by atoms with Crippen molar-refractivity contribution in [1.29, 1.82) is 0 Å². The molecule has 1 aliphatic rings. The average Bonchev–Trinajstić information content (AvgIpc) is 2.45. The molecule has 124 valence electrons. The maximum atomic E-state index is 9.62. The second-order valence-electron chi connectivity index (χ2n) is 8.30. The number of aliphatic hydroxyl groups excluding tert-OH is 1. The molecule has 1 aromatic carbocycles. The Balaban J connectivity index is 1.92. The second-order valence-corrected chi connectivity index (χ2v) is 13.1. The highest BCUT2D eigenvalue weighted by atomic mass is 28.4. The van der Waals surface area contributed by atoms with Gasteiger partial charge >= 0.3 is 0 Å². The highest BCUT2D eigenvalue weighted by Crippen LogP contribution is 2.37. The van der Waals surface area contributed by atoms with Gasteiger partial charge in [-0.1, -0.05) is 45.0 Å². The quantitative estimate of drug-likeness (QED) is 0.770. The Kier molecular flexibility index (Phi) is 5.52. The van der Waals surface area contributed by atoms with Crippen LogP contribution in [0.4, 0.5) is 0 Å². The highest BCUT2D eigenvalue weighted by Gasteiger charge is 2.37. The first kappa shape index (κ1) is 17.7. The van der Waals surface area contributed by atoms with Gasteiger partial charge in [-0.05, 0) is 60.9 Å². The fourth-order valence-electron chi connectivity index (χ4n) is 2.78. The lowest BCUT2D eigenvalue weighted by atomic mass is 9.82. The first-order valence-corrected chi connectivity index (χ1v) is 11.5. The molecular weight excluding hydrogens is 288 g/mol. The number of rotatable bonds is 4. The van der Waals surface area contributed by atoms with Crippen molar-refractivity contribution in [2.75, 3.05) is 0 Å². The van der Waals surface area contributed by atoms with Crippen molar-refractivity contribution in [3.63, 3.8) is 0 Å². The fourth-order valence-corrected chi connectivity index (χ4v) is 3.74. The Bertz CT molecular complexity index is 465. The van der Waals surface area contributed by atoms with Gasteiger partial charge in [0.15, 0.2) is 8.32 Å². The Morgan fingerprint density at radius 3 is 2.09 bits per heavy atom. The minimum absolute atomic E-state index is 0.0755. The molecule has 1 saturated carbocycles. The van der Waals surface area contributed by atoms with Crippen molar-refractivity contribution in [3.8, 4) is 0 Å². The molecule has 22 heavy (non-hydrogen) atoms. The van der Waals surface area contributed by atoms with Crippen LogP contribution in [0.2, 0.25) is 18.1 Å². The van der Waals surface area contributed by atoms with Crippen LogP contribution in [0.25, 0.3) is 0 Å². The normalized spacial score (nSPS) is 23.5. The molecule has 3 heteroatoms. The molecule has 1 aromatic rings.